The molecule has 3 rings (SSSR count). The van der Waals surface area contributed by atoms with Crippen LogP contribution in [-0.4, -0.2) is 11.1 Å². The molecule has 23 heavy (non-hydrogen) atoms. The third-order valence-electron chi connectivity index (χ3n) is 3.13. The Morgan fingerprint density at radius 1 is 1.09 bits per heavy atom. The monoisotopic (exact) mass is 347 g/mol. The third-order valence-corrected chi connectivity index (χ3v) is 3.71. The lowest BCUT2D eigenvalue weighted by atomic mass is 10.2. The quantitative estimate of drug-likeness (QED) is 0.622. The fourth-order valence-electron chi connectivity index (χ4n) is 1.97. The van der Waals surface area contributed by atoms with Gasteiger partial charge in [0.2, 0.25) is 0 Å². The van der Waals surface area contributed by atoms with Gasteiger partial charge < -0.3 is 9.26 Å². The molecule has 0 saturated heterocycles. The predicted octanol–water partition coefficient (Wildman–Crippen LogP) is 5.01. The van der Waals surface area contributed by atoms with Crippen LogP contribution in [0.1, 0.15) is 16.1 Å². The summed E-state index contributed by atoms with van der Waals surface area (Å²) >= 11 is 11.8. The van der Waals surface area contributed by atoms with Crippen molar-refractivity contribution in [2.24, 2.45) is 0 Å². The molecular formula is C17H11Cl2NO3. The molecule has 0 saturated carbocycles. The van der Waals surface area contributed by atoms with E-state index in [9.17, 15) is 4.79 Å². The Morgan fingerprint density at radius 3 is 2.57 bits per heavy atom. The molecule has 2 aromatic carbocycles. The van der Waals surface area contributed by atoms with Crippen molar-refractivity contribution in [2.75, 3.05) is 0 Å². The fraction of sp³-hybridized carbons (Fsp3) is 0.0588. The van der Waals surface area contributed by atoms with Gasteiger partial charge in [0.05, 0.1) is 10.6 Å². The van der Waals surface area contributed by atoms with Crippen molar-refractivity contribution in [2.45, 2.75) is 6.61 Å². The van der Waals surface area contributed by atoms with E-state index >= 15 is 0 Å². The van der Waals surface area contributed by atoms with Gasteiger partial charge in [0, 0.05) is 16.7 Å². The van der Waals surface area contributed by atoms with E-state index in [0.717, 1.165) is 5.56 Å². The van der Waals surface area contributed by atoms with Crippen LogP contribution in [0, 0.1) is 0 Å². The Morgan fingerprint density at radius 2 is 1.83 bits per heavy atom. The lowest BCUT2D eigenvalue weighted by molar-refractivity contribution is 0.0464. The molecule has 0 unspecified atom stereocenters. The summed E-state index contributed by atoms with van der Waals surface area (Å²) in [6, 6.07) is 15.6. The largest absolute Gasteiger partial charge is 0.455 e. The SMILES string of the molecule is O=C(OCc1cc(-c2ccc(Cl)cc2)on1)c1ccccc1Cl. The Hall–Kier alpha value is -2.30. The molecule has 0 aliphatic rings. The van der Waals surface area contributed by atoms with Crippen LogP contribution >= 0.6 is 23.2 Å². The van der Waals surface area contributed by atoms with E-state index in [1.54, 1.807) is 42.5 Å². The van der Waals surface area contributed by atoms with Crippen molar-refractivity contribution in [3.63, 3.8) is 0 Å². The molecule has 0 aliphatic heterocycles. The molecule has 0 N–H and O–H groups in total. The molecule has 6 heteroatoms. The molecule has 3 aromatic rings. The highest BCUT2D eigenvalue weighted by Gasteiger charge is 2.13. The number of carbonyl (C=O) groups is 1. The molecule has 1 aromatic heterocycles. The standard InChI is InChI=1S/C17H11Cl2NO3/c18-12-7-5-11(6-8-12)16-9-13(20-23-16)10-22-17(21)14-3-1-2-4-15(14)19/h1-9H,10H2. The van der Waals surface area contributed by atoms with E-state index in [-0.39, 0.29) is 6.61 Å². The third kappa shape index (κ3) is 3.73. The number of ether oxygens (including phenoxy) is 1. The van der Waals surface area contributed by atoms with Gasteiger partial charge in [-0.2, -0.15) is 0 Å². The molecule has 0 aliphatic carbocycles. The van der Waals surface area contributed by atoms with Crippen molar-refractivity contribution in [1.82, 2.24) is 5.16 Å². The van der Waals surface area contributed by atoms with Crippen molar-refractivity contribution in [1.29, 1.82) is 0 Å². The number of esters is 1. The first kappa shape index (κ1) is 15.6. The summed E-state index contributed by atoms with van der Waals surface area (Å²) in [5, 5.41) is 4.87. The Bertz CT molecular complexity index is 828. The first-order chi connectivity index (χ1) is 11.1. The van der Waals surface area contributed by atoms with E-state index in [4.69, 9.17) is 32.5 Å². The maximum Gasteiger partial charge on any atom is 0.340 e. The minimum atomic E-state index is -0.508. The summed E-state index contributed by atoms with van der Waals surface area (Å²) in [7, 11) is 0. The maximum atomic E-state index is 12.0. The van der Waals surface area contributed by atoms with Crippen molar-refractivity contribution in [3.8, 4) is 11.3 Å². The van der Waals surface area contributed by atoms with Crippen LogP contribution in [0.3, 0.4) is 0 Å². The second-order valence-electron chi connectivity index (χ2n) is 4.75. The van der Waals surface area contributed by atoms with E-state index in [1.165, 1.54) is 0 Å². The molecule has 4 nitrogen and oxygen atoms in total. The van der Waals surface area contributed by atoms with E-state index < -0.39 is 5.97 Å². The highest BCUT2D eigenvalue weighted by molar-refractivity contribution is 6.33. The van der Waals surface area contributed by atoms with Crippen molar-refractivity contribution < 1.29 is 14.1 Å². The Labute approximate surface area is 142 Å². The van der Waals surface area contributed by atoms with Gasteiger partial charge in [-0.1, -0.05) is 40.5 Å². The van der Waals surface area contributed by atoms with Crippen LogP contribution < -0.4 is 0 Å². The molecule has 1 heterocycles. The summed E-state index contributed by atoms with van der Waals surface area (Å²) < 4.78 is 10.4. The van der Waals surface area contributed by atoms with Crippen LogP contribution in [0.15, 0.2) is 59.1 Å². The number of hydrogen-bond donors (Lipinski definition) is 0. The smallest absolute Gasteiger partial charge is 0.340 e. The molecule has 0 fully saturated rings. The normalized spacial score (nSPS) is 10.5. The topological polar surface area (TPSA) is 52.3 Å². The van der Waals surface area contributed by atoms with Gasteiger partial charge in [-0.25, -0.2) is 4.79 Å². The highest BCUT2D eigenvalue weighted by Crippen LogP contribution is 2.23. The second kappa shape index (κ2) is 6.86. The highest BCUT2D eigenvalue weighted by atomic mass is 35.5. The predicted molar refractivity (Wildman–Crippen MR) is 87.5 cm³/mol. The number of carbonyl (C=O) groups excluding carboxylic acids is 1. The average molecular weight is 348 g/mol. The zero-order valence-corrected chi connectivity index (χ0v) is 13.3. The fourth-order valence-corrected chi connectivity index (χ4v) is 2.31. The summed E-state index contributed by atoms with van der Waals surface area (Å²) in [6.07, 6.45) is 0. The van der Waals surface area contributed by atoms with Gasteiger partial charge in [0.1, 0.15) is 12.3 Å². The number of benzene rings is 2. The summed E-state index contributed by atoms with van der Waals surface area (Å²) in [4.78, 5) is 12.0. The first-order valence-corrected chi connectivity index (χ1v) is 7.52. The zero-order chi connectivity index (χ0) is 16.2. The van der Waals surface area contributed by atoms with Crippen LogP contribution in [0.4, 0.5) is 0 Å². The maximum absolute atomic E-state index is 12.0. The molecule has 116 valence electrons. The Kier molecular flexibility index (Phi) is 4.65. The lowest BCUT2D eigenvalue weighted by Gasteiger charge is -2.03. The van der Waals surface area contributed by atoms with Crippen molar-refractivity contribution in [3.05, 3.63) is 75.9 Å². The number of rotatable bonds is 4. The van der Waals surface area contributed by atoms with Crippen molar-refractivity contribution >= 4 is 29.2 Å². The van der Waals surface area contributed by atoms with E-state index in [0.29, 0.717) is 27.1 Å². The molecule has 0 atom stereocenters. The first-order valence-electron chi connectivity index (χ1n) is 6.76. The average Bonchev–Trinajstić information content (AvgIpc) is 3.03. The van der Waals surface area contributed by atoms with Gasteiger partial charge in [-0.15, -0.1) is 0 Å². The Balaban J connectivity index is 1.67. The summed E-state index contributed by atoms with van der Waals surface area (Å²) in [5.41, 5.74) is 1.66. The van der Waals surface area contributed by atoms with Crippen LogP contribution in [-0.2, 0) is 11.3 Å². The van der Waals surface area contributed by atoms with Crippen LogP contribution in [0.2, 0.25) is 10.0 Å². The zero-order valence-electron chi connectivity index (χ0n) is 11.8. The number of nitrogens with zero attached hydrogens (tertiary/aromatic N) is 1. The van der Waals surface area contributed by atoms with Gasteiger partial charge in [0.25, 0.3) is 0 Å². The molecule has 0 amide bonds. The minimum Gasteiger partial charge on any atom is -0.455 e. The van der Waals surface area contributed by atoms with Gasteiger partial charge >= 0.3 is 5.97 Å². The van der Waals surface area contributed by atoms with Crippen LogP contribution in [0.25, 0.3) is 11.3 Å². The van der Waals surface area contributed by atoms with Gasteiger partial charge in [-0.3, -0.25) is 0 Å². The molecular weight excluding hydrogens is 337 g/mol. The summed E-state index contributed by atoms with van der Waals surface area (Å²) in [6.45, 7) is 0.00114. The molecule has 0 spiro atoms. The second-order valence-corrected chi connectivity index (χ2v) is 5.59. The summed E-state index contributed by atoms with van der Waals surface area (Å²) in [5.74, 6) is 0.0668. The lowest BCUT2D eigenvalue weighted by Crippen LogP contribution is -2.05. The number of halogens is 2. The minimum absolute atomic E-state index is 0.00114. The van der Waals surface area contributed by atoms with E-state index in [2.05, 4.69) is 5.16 Å². The van der Waals surface area contributed by atoms with Gasteiger partial charge in [0.15, 0.2) is 5.76 Å². The van der Waals surface area contributed by atoms with Gasteiger partial charge in [-0.05, 0) is 36.4 Å². The number of hydrogen-bond acceptors (Lipinski definition) is 4. The number of aromatic nitrogens is 1. The van der Waals surface area contributed by atoms with Crippen LogP contribution in [0.5, 0.6) is 0 Å². The molecule has 0 radical (unpaired) electrons. The molecule has 0 bridgehead atoms. The van der Waals surface area contributed by atoms with E-state index in [1.807, 2.05) is 12.1 Å².